The van der Waals surface area contributed by atoms with E-state index in [4.69, 9.17) is 4.74 Å². The van der Waals surface area contributed by atoms with Gasteiger partial charge in [-0.1, -0.05) is 12.1 Å². The molecule has 15 heavy (non-hydrogen) atoms. The maximum Gasteiger partial charge on any atom is 0.122 e. The van der Waals surface area contributed by atoms with E-state index < -0.39 is 5.97 Å². The summed E-state index contributed by atoms with van der Waals surface area (Å²) in [6.07, 6.45) is 0.528. The van der Waals surface area contributed by atoms with E-state index in [0.717, 1.165) is 11.3 Å². The molecule has 0 aliphatic carbocycles. The zero-order valence-electron chi connectivity index (χ0n) is 9.08. The predicted octanol–water partition coefficient (Wildman–Crippen LogP) is 1.21. The molecular formula is C12H15O3-. The first-order chi connectivity index (χ1) is 7.11. The zero-order valence-corrected chi connectivity index (χ0v) is 9.08. The second-order valence-corrected chi connectivity index (χ2v) is 3.52. The van der Waals surface area contributed by atoms with Crippen LogP contribution in [0.2, 0.25) is 0 Å². The largest absolute Gasteiger partial charge is 0.550 e. The first kappa shape index (κ1) is 11.6. The molecule has 0 aromatic heterocycles. The van der Waals surface area contributed by atoms with Crippen LogP contribution < -0.4 is 9.84 Å². The number of carbonyl (C=O) groups is 1. The number of hydrogen-bond acceptors (Lipinski definition) is 3. The van der Waals surface area contributed by atoms with E-state index in [-0.39, 0.29) is 6.42 Å². The Morgan fingerprint density at radius 2 is 2.13 bits per heavy atom. The van der Waals surface area contributed by atoms with Crippen LogP contribution in [0, 0.1) is 13.8 Å². The Labute approximate surface area is 89.7 Å². The summed E-state index contributed by atoms with van der Waals surface area (Å²) in [6, 6.07) is 5.83. The molecular weight excluding hydrogens is 192 g/mol. The number of ether oxygens (including phenoxy) is 1. The number of hydrogen-bond donors (Lipinski definition) is 0. The van der Waals surface area contributed by atoms with Crippen LogP contribution in [0.25, 0.3) is 0 Å². The lowest BCUT2D eigenvalue weighted by Crippen LogP contribution is -2.22. The number of rotatable bonds is 5. The van der Waals surface area contributed by atoms with Crippen molar-refractivity contribution in [3.05, 3.63) is 29.3 Å². The Balaban J connectivity index is 2.44. The van der Waals surface area contributed by atoms with Crippen LogP contribution in [0.1, 0.15) is 24.0 Å². The van der Waals surface area contributed by atoms with E-state index in [1.807, 2.05) is 32.0 Å². The fourth-order valence-corrected chi connectivity index (χ4v) is 1.28. The maximum absolute atomic E-state index is 10.2. The Morgan fingerprint density at radius 3 is 2.80 bits per heavy atom. The van der Waals surface area contributed by atoms with Crippen molar-refractivity contribution in [3.8, 4) is 5.75 Å². The SMILES string of the molecule is Cc1cccc(OCCCC(=O)[O-])c1C. The molecule has 82 valence electrons. The van der Waals surface area contributed by atoms with Gasteiger partial charge >= 0.3 is 0 Å². The third-order valence-electron chi connectivity index (χ3n) is 2.34. The number of carboxylic acid groups (broad SMARTS) is 1. The number of carbonyl (C=O) groups excluding carboxylic acids is 1. The molecule has 3 heteroatoms. The van der Waals surface area contributed by atoms with Gasteiger partial charge in [0, 0.05) is 5.97 Å². The lowest BCUT2D eigenvalue weighted by Gasteiger charge is -2.10. The van der Waals surface area contributed by atoms with Gasteiger partial charge in [0.05, 0.1) is 6.61 Å². The van der Waals surface area contributed by atoms with E-state index in [2.05, 4.69) is 0 Å². The highest BCUT2D eigenvalue weighted by Gasteiger charge is 2.00. The van der Waals surface area contributed by atoms with Crippen LogP contribution in [-0.4, -0.2) is 12.6 Å². The van der Waals surface area contributed by atoms with E-state index in [1.54, 1.807) is 0 Å². The van der Waals surface area contributed by atoms with Crippen molar-refractivity contribution >= 4 is 5.97 Å². The molecule has 0 spiro atoms. The Hall–Kier alpha value is -1.51. The summed E-state index contributed by atoms with van der Waals surface area (Å²) in [7, 11) is 0. The number of aryl methyl sites for hydroxylation is 1. The minimum Gasteiger partial charge on any atom is -0.550 e. The highest BCUT2D eigenvalue weighted by atomic mass is 16.5. The first-order valence-corrected chi connectivity index (χ1v) is 5.00. The van der Waals surface area contributed by atoms with Crippen molar-refractivity contribution < 1.29 is 14.6 Å². The van der Waals surface area contributed by atoms with Gasteiger partial charge in [0.2, 0.25) is 0 Å². The second-order valence-electron chi connectivity index (χ2n) is 3.52. The molecule has 0 aliphatic heterocycles. The fourth-order valence-electron chi connectivity index (χ4n) is 1.28. The van der Waals surface area contributed by atoms with Crippen LogP contribution in [0.15, 0.2) is 18.2 Å². The molecule has 1 rings (SSSR count). The summed E-state index contributed by atoms with van der Waals surface area (Å²) in [5, 5.41) is 10.2. The zero-order chi connectivity index (χ0) is 11.3. The summed E-state index contributed by atoms with van der Waals surface area (Å²) in [5.41, 5.74) is 2.28. The predicted molar refractivity (Wildman–Crippen MR) is 55.7 cm³/mol. The van der Waals surface area contributed by atoms with E-state index in [9.17, 15) is 9.90 Å². The smallest absolute Gasteiger partial charge is 0.122 e. The standard InChI is InChI=1S/C12H16O3/c1-9-5-3-6-11(10(9)2)15-8-4-7-12(13)14/h3,5-6H,4,7-8H2,1-2H3,(H,13,14)/p-1. The fraction of sp³-hybridized carbons (Fsp3) is 0.417. The van der Waals surface area contributed by atoms with Gasteiger partial charge in [0.25, 0.3) is 0 Å². The van der Waals surface area contributed by atoms with Gasteiger partial charge in [-0.2, -0.15) is 0 Å². The molecule has 0 heterocycles. The molecule has 0 unspecified atom stereocenters. The van der Waals surface area contributed by atoms with Crippen molar-refractivity contribution in [2.75, 3.05) is 6.61 Å². The molecule has 0 radical (unpaired) electrons. The van der Waals surface area contributed by atoms with Gasteiger partial charge in [-0.15, -0.1) is 0 Å². The number of benzene rings is 1. The Bertz CT molecular complexity index is 345. The van der Waals surface area contributed by atoms with Crippen LogP contribution in [0.5, 0.6) is 5.75 Å². The molecule has 0 bridgehead atoms. The summed E-state index contributed by atoms with van der Waals surface area (Å²) < 4.78 is 5.48. The molecule has 0 N–H and O–H groups in total. The molecule has 0 atom stereocenters. The molecule has 0 aliphatic rings. The quantitative estimate of drug-likeness (QED) is 0.682. The minimum atomic E-state index is -1.03. The molecule has 0 fully saturated rings. The van der Waals surface area contributed by atoms with E-state index in [1.165, 1.54) is 5.56 Å². The molecule has 0 saturated heterocycles. The van der Waals surface area contributed by atoms with Crippen LogP contribution in [0.4, 0.5) is 0 Å². The van der Waals surface area contributed by atoms with Gasteiger partial charge in [0.15, 0.2) is 0 Å². The normalized spacial score (nSPS) is 10.0. The molecule has 0 saturated carbocycles. The Morgan fingerprint density at radius 1 is 1.40 bits per heavy atom. The topological polar surface area (TPSA) is 49.4 Å². The van der Waals surface area contributed by atoms with Crippen LogP contribution in [0.3, 0.4) is 0 Å². The number of aliphatic carboxylic acids is 1. The van der Waals surface area contributed by atoms with Gasteiger partial charge < -0.3 is 14.6 Å². The maximum atomic E-state index is 10.2. The monoisotopic (exact) mass is 207 g/mol. The van der Waals surface area contributed by atoms with Crippen molar-refractivity contribution in [3.63, 3.8) is 0 Å². The summed E-state index contributed by atoms with van der Waals surface area (Å²) >= 11 is 0. The summed E-state index contributed by atoms with van der Waals surface area (Å²) in [6.45, 7) is 4.42. The first-order valence-electron chi connectivity index (χ1n) is 5.00. The van der Waals surface area contributed by atoms with Gasteiger partial charge in [-0.25, -0.2) is 0 Å². The van der Waals surface area contributed by atoms with Crippen molar-refractivity contribution in [1.29, 1.82) is 0 Å². The van der Waals surface area contributed by atoms with E-state index >= 15 is 0 Å². The third kappa shape index (κ3) is 3.62. The van der Waals surface area contributed by atoms with Crippen molar-refractivity contribution in [2.45, 2.75) is 26.7 Å². The van der Waals surface area contributed by atoms with Gasteiger partial charge in [-0.05, 0) is 43.9 Å². The number of carboxylic acids is 1. The van der Waals surface area contributed by atoms with Crippen molar-refractivity contribution in [1.82, 2.24) is 0 Å². The Kier molecular flexibility index (Phi) is 4.16. The average Bonchev–Trinajstić information content (AvgIpc) is 2.18. The average molecular weight is 207 g/mol. The minimum absolute atomic E-state index is 0.0465. The highest BCUT2D eigenvalue weighted by molar-refractivity contribution is 5.64. The van der Waals surface area contributed by atoms with Gasteiger partial charge in [-0.3, -0.25) is 0 Å². The van der Waals surface area contributed by atoms with Crippen LogP contribution >= 0.6 is 0 Å². The highest BCUT2D eigenvalue weighted by Crippen LogP contribution is 2.20. The summed E-state index contributed by atoms with van der Waals surface area (Å²) in [4.78, 5) is 10.2. The molecule has 1 aromatic rings. The second kappa shape index (κ2) is 5.39. The van der Waals surface area contributed by atoms with Gasteiger partial charge in [0.1, 0.15) is 5.75 Å². The molecule has 3 nitrogen and oxygen atoms in total. The van der Waals surface area contributed by atoms with Crippen molar-refractivity contribution in [2.24, 2.45) is 0 Å². The summed E-state index contributed by atoms with van der Waals surface area (Å²) in [5.74, 6) is -0.201. The lowest BCUT2D eigenvalue weighted by atomic mass is 10.1. The van der Waals surface area contributed by atoms with E-state index in [0.29, 0.717) is 13.0 Å². The van der Waals surface area contributed by atoms with Crippen LogP contribution in [-0.2, 0) is 4.79 Å². The lowest BCUT2D eigenvalue weighted by molar-refractivity contribution is -0.305. The molecule has 1 aromatic carbocycles. The molecule has 0 amide bonds. The third-order valence-corrected chi connectivity index (χ3v) is 2.34.